The maximum atomic E-state index is 13.0. The van der Waals surface area contributed by atoms with Crippen LogP contribution in [0.4, 0.5) is 11.5 Å². The fourth-order valence-electron chi connectivity index (χ4n) is 3.87. The van der Waals surface area contributed by atoms with Gasteiger partial charge in [-0.3, -0.25) is 9.89 Å². The second-order valence-electron chi connectivity index (χ2n) is 7.36. The molecule has 1 saturated heterocycles. The van der Waals surface area contributed by atoms with E-state index in [0.29, 0.717) is 24.4 Å². The van der Waals surface area contributed by atoms with Crippen LogP contribution in [0.5, 0.6) is 5.75 Å². The Balaban J connectivity index is 1.43. The van der Waals surface area contributed by atoms with Crippen molar-refractivity contribution in [1.29, 1.82) is 0 Å². The summed E-state index contributed by atoms with van der Waals surface area (Å²) in [5.74, 6) is 1.46. The van der Waals surface area contributed by atoms with Crippen molar-refractivity contribution in [3.63, 3.8) is 0 Å². The fraction of sp³-hybridized carbons (Fsp3) is 0.381. The van der Waals surface area contributed by atoms with Crippen LogP contribution in [-0.2, 0) is 4.79 Å². The summed E-state index contributed by atoms with van der Waals surface area (Å²) in [7, 11) is 3.64. The molecule has 0 aliphatic carbocycles. The molecule has 3 aromatic rings. The van der Waals surface area contributed by atoms with Gasteiger partial charge < -0.3 is 20.3 Å². The quantitative estimate of drug-likeness (QED) is 0.667. The molecule has 1 aliphatic rings. The number of hydrogen-bond acceptors (Lipinski definition) is 6. The first-order valence-electron chi connectivity index (χ1n) is 9.82. The smallest absolute Gasteiger partial charge is 0.224 e. The van der Waals surface area contributed by atoms with Crippen molar-refractivity contribution >= 4 is 28.4 Å². The molecule has 3 heterocycles. The summed E-state index contributed by atoms with van der Waals surface area (Å²) in [4.78, 5) is 21.6. The molecule has 4 rings (SSSR count). The van der Waals surface area contributed by atoms with Gasteiger partial charge in [0.1, 0.15) is 11.6 Å². The Kier molecular flexibility index (Phi) is 5.24. The highest BCUT2D eigenvalue weighted by atomic mass is 16.5. The summed E-state index contributed by atoms with van der Waals surface area (Å²) in [6, 6.07) is 11.7. The lowest BCUT2D eigenvalue weighted by Crippen LogP contribution is -2.33. The van der Waals surface area contributed by atoms with Crippen LogP contribution in [0.3, 0.4) is 0 Å². The van der Waals surface area contributed by atoms with E-state index >= 15 is 0 Å². The summed E-state index contributed by atoms with van der Waals surface area (Å²) in [6.45, 7) is 1.40. The number of hydrogen-bond donors (Lipinski definition) is 2. The van der Waals surface area contributed by atoms with E-state index < -0.39 is 0 Å². The summed E-state index contributed by atoms with van der Waals surface area (Å²) in [6.07, 6.45) is 2.34. The first kappa shape index (κ1) is 19.0. The van der Waals surface area contributed by atoms with E-state index in [1.807, 2.05) is 48.3 Å². The molecule has 1 aliphatic heterocycles. The average Bonchev–Trinajstić information content (AvgIpc) is 3.38. The zero-order valence-corrected chi connectivity index (χ0v) is 16.8. The van der Waals surface area contributed by atoms with Crippen LogP contribution >= 0.6 is 0 Å². The first-order chi connectivity index (χ1) is 14.1. The molecule has 0 saturated carbocycles. The topological polar surface area (TPSA) is 100 Å². The Bertz CT molecular complexity index is 1020. The Morgan fingerprint density at radius 1 is 1.38 bits per heavy atom. The highest BCUT2D eigenvalue weighted by Crippen LogP contribution is 2.32. The van der Waals surface area contributed by atoms with Crippen LogP contribution in [0, 0.1) is 0 Å². The van der Waals surface area contributed by atoms with Gasteiger partial charge in [0.25, 0.3) is 0 Å². The predicted octanol–water partition coefficient (Wildman–Crippen LogP) is 2.74. The van der Waals surface area contributed by atoms with Crippen LogP contribution in [0.25, 0.3) is 11.0 Å². The number of nitrogens with one attached hydrogen (secondary N) is 1. The van der Waals surface area contributed by atoms with E-state index in [1.165, 1.54) is 0 Å². The van der Waals surface area contributed by atoms with Crippen LogP contribution in [0.1, 0.15) is 31.0 Å². The SMILES string of the molecule is COc1cccc(N(C)CCC(=O)N2CCC[C@H]2c2ccc3c(N)[nH]nc3n2)c1. The number of aromatic amines is 1. The molecule has 0 bridgehead atoms. The number of aromatic nitrogens is 3. The van der Waals surface area contributed by atoms with Crippen LogP contribution in [0.2, 0.25) is 0 Å². The van der Waals surface area contributed by atoms with Crippen LogP contribution < -0.4 is 15.4 Å². The second-order valence-corrected chi connectivity index (χ2v) is 7.36. The van der Waals surface area contributed by atoms with E-state index in [-0.39, 0.29) is 11.9 Å². The van der Waals surface area contributed by atoms with E-state index in [0.717, 1.165) is 41.9 Å². The minimum absolute atomic E-state index is 0.00745. The summed E-state index contributed by atoms with van der Waals surface area (Å²) in [5.41, 5.74) is 8.35. The predicted molar refractivity (Wildman–Crippen MR) is 113 cm³/mol. The van der Waals surface area contributed by atoms with Crippen LogP contribution in [-0.4, -0.2) is 53.2 Å². The molecule has 3 N–H and O–H groups in total. The number of pyridine rings is 1. The van der Waals surface area contributed by atoms with Gasteiger partial charge in [0.05, 0.1) is 24.2 Å². The van der Waals surface area contributed by atoms with Gasteiger partial charge in [-0.1, -0.05) is 6.07 Å². The average molecular weight is 394 g/mol. The Hall–Kier alpha value is -3.29. The summed E-state index contributed by atoms with van der Waals surface area (Å²) in [5, 5.41) is 7.71. The number of anilines is 2. The normalized spacial score (nSPS) is 16.3. The Morgan fingerprint density at radius 3 is 3.07 bits per heavy atom. The van der Waals surface area contributed by atoms with Gasteiger partial charge in [-0.05, 0) is 37.1 Å². The number of rotatable bonds is 6. The monoisotopic (exact) mass is 394 g/mol. The van der Waals surface area contributed by atoms with E-state index in [2.05, 4.69) is 20.1 Å². The van der Waals surface area contributed by atoms with Gasteiger partial charge in [0.2, 0.25) is 5.91 Å². The molecule has 152 valence electrons. The number of nitrogens with two attached hydrogens (primary N) is 1. The lowest BCUT2D eigenvalue weighted by atomic mass is 10.1. The highest BCUT2D eigenvalue weighted by Gasteiger charge is 2.31. The van der Waals surface area contributed by atoms with Gasteiger partial charge in [-0.15, -0.1) is 0 Å². The van der Waals surface area contributed by atoms with Crippen LogP contribution in [0.15, 0.2) is 36.4 Å². The van der Waals surface area contributed by atoms with Gasteiger partial charge in [0.15, 0.2) is 5.65 Å². The highest BCUT2D eigenvalue weighted by molar-refractivity contribution is 5.85. The number of likely N-dealkylation sites (tertiary alicyclic amines) is 1. The molecule has 1 atom stereocenters. The molecule has 0 spiro atoms. The third-order valence-electron chi connectivity index (χ3n) is 5.54. The summed E-state index contributed by atoms with van der Waals surface area (Å²) >= 11 is 0. The van der Waals surface area contributed by atoms with Gasteiger partial charge in [-0.25, -0.2) is 4.98 Å². The molecule has 8 heteroatoms. The lowest BCUT2D eigenvalue weighted by molar-refractivity contribution is -0.132. The first-order valence-corrected chi connectivity index (χ1v) is 9.82. The second kappa shape index (κ2) is 7.98. The third kappa shape index (κ3) is 3.83. The van der Waals surface area contributed by atoms with E-state index in [1.54, 1.807) is 7.11 Å². The molecule has 0 radical (unpaired) electrons. The fourth-order valence-corrected chi connectivity index (χ4v) is 3.87. The van der Waals surface area contributed by atoms with Crippen molar-refractivity contribution in [2.24, 2.45) is 0 Å². The molecule has 1 fully saturated rings. The molecular weight excluding hydrogens is 368 g/mol. The van der Waals surface area contributed by atoms with Crippen molar-refractivity contribution in [3.8, 4) is 5.75 Å². The maximum absolute atomic E-state index is 13.0. The molecule has 1 amide bonds. The zero-order chi connectivity index (χ0) is 20.4. The standard InChI is InChI=1S/C21H26N6O2/c1-26(14-5-3-6-15(13-14)29-2)12-10-19(28)27-11-4-7-18(27)17-9-8-16-20(22)24-25-21(16)23-17/h3,5-6,8-9,13,18H,4,7,10-12H2,1-2H3,(H3,22,23,24,25)/t18-/m0/s1. The molecule has 1 aromatic carbocycles. The molecule has 2 aromatic heterocycles. The molecule has 8 nitrogen and oxygen atoms in total. The van der Waals surface area contributed by atoms with Crippen molar-refractivity contribution in [2.75, 3.05) is 37.9 Å². The van der Waals surface area contributed by atoms with Gasteiger partial charge in [-0.2, -0.15) is 5.10 Å². The van der Waals surface area contributed by atoms with E-state index in [4.69, 9.17) is 10.5 Å². The number of nitrogen functional groups attached to an aromatic ring is 1. The van der Waals surface area contributed by atoms with Crippen molar-refractivity contribution in [3.05, 3.63) is 42.1 Å². The van der Waals surface area contributed by atoms with Crippen molar-refractivity contribution < 1.29 is 9.53 Å². The largest absolute Gasteiger partial charge is 0.497 e. The zero-order valence-electron chi connectivity index (χ0n) is 16.8. The Labute approximate surface area is 169 Å². The number of ether oxygens (including phenoxy) is 1. The molecule has 29 heavy (non-hydrogen) atoms. The van der Waals surface area contributed by atoms with Gasteiger partial charge in [0, 0.05) is 38.3 Å². The number of fused-ring (bicyclic) bond motifs is 1. The minimum atomic E-state index is -0.00745. The third-order valence-corrected chi connectivity index (χ3v) is 5.54. The minimum Gasteiger partial charge on any atom is -0.497 e. The van der Waals surface area contributed by atoms with Crippen molar-refractivity contribution in [1.82, 2.24) is 20.1 Å². The molecule has 0 unspecified atom stereocenters. The number of nitrogens with zero attached hydrogens (tertiary/aromatic N) is 4. The molecular formula is C21H26N6O2. The number of carbonyl (C=O) groups is 1. The van der Waals surface area contributed by atoms with E-state index in [9.17, 15) is 4.79 Å². The van der Waals surface area contributed by atoms with Crippen molar-refractivity contribution in [2.45, 2.75) is 25.3 Å². The number of carbonyl (C=O) groups excluding carboxylic acids is 1. The number of methoxy groups -OCH3 is 1. The number of H-pyrrole nitrogens is 1. The Morgan fingerprint density at radius 2 is 2.24 bits per heavy atom. The maximum Gasteiger partial charge on any atom is 0.224 e. The van der Waals surface area contributed by atoms with Gasteiger partial charge >= 0.3 is 0 Å². The summed E-state index contributed by atoms with van der Waals surface area (Å²) < 4.78 is 5.28. The number of amides is 1. The number of benzene rings is 1. The lowest BCUT2D eigenvalue weighted by Gasteiger charge is -2.26.